The summed E-state index contributed by atoms with van der Waals surface area (Å²) in [5.74, 6) is 1.09. The predicted molar refractivity (Wildman–Crippen MR) is 101 cm³/mol. The first-order valence-electron chi connectivity index (χ1n) is 7.80. The van der Waals surface area contributed by atoms with E-state index in [0.29, 0.717) is 27.7 Å². The summed E-state index contributed by atoms with van der Waals surface area (Å²) >= 11 is 6.20. The SMILES string of the molecule is CC(Nc1ncnc2cccnc12)c1cc2cccc(Cl)c2nc1N. The fraction of sp³-hybridized carbons (Fsp3) is 0.111. The van der Waals surface area contributed by atoms with E-state index in [1.807, 2.05) is 37.3 Å². The Bertz CT molecular complexity index is 1080. The fourth-order valence-corrected chi connectivity index (χ4v) is 3.05. The highest BCUT2D eigenvalue weighted by atomic mass is 35.5. The van der Waals surface area contributed by atoms with Crippen molar-refractivity contribution in [1.82, 2.24) is 19.9 Å². The molecule has 0 aliphatic heterocycles. The fourth-order valence-electron chi connectivity index (χ4n) is 2.82. The molecule has 0 amide bonds. The molecule has 1 aromatic carbocycles. The topological polar surface area (TPSA) is 89.6 Å². The van der Waals surface area contributed by atoms with Crippen LogP contribution in [0.4, 0.5) is 11.6 Å². The highest BCUT2D eigenvalue weighted by molar-refractivity contribution is 6.35. The van der Waals surface area contributed by atoms with Crippen LogP contribution >= 0.6 is 11.6 Å². The zero-order chi connectivity index (χ0) is 17.4. The van der Waals surface area contributed by atoms with E-state index in [0.717, 1.165) is 16.5 Å². The summed E-state index contributed by atoms with van der Waals surface area (Å²) in [4.78, 5) is 17.4. The second kappa shape index (κ2) is 6.14. The number of para-hydroxylation sites is 1. The maximum absolute atomic E-state index is 6.20. The van der Waals surface area contributed by atoms with Crippen LogP contribution in [-0.2, 0) is 0 Å². The van der Waals surface area contributed by atoms with Crippen LogP contribution in [-0.4, -0.2) is 19.9 Å². The lowest BCUT2D eigenvalue weighted by molar-refractivity contribution is 0.874. The molecular weight excluding hydrogens is 336 g/mol. The Hall–Kier alpha value is -2.99. The van der Waals surface area contributed by atoms with Crippen molar-refractivity contribution in [2.45, 2.75) is 13.0 Å². The van der Waals surface area contributed by atoms with Gasteiger partial charge in [-0.3, -0.25) is 4.98 Å². The molecule has 0 aliphatic carbocycles. The van der Waals surface area contributed by atoms with Crippen molar-refractivity contribution >= 4 is 45.2 Å². The molecule has 7 heteroatoms. The molecule has 6 nitrogen and oxygen atoms in total. The van der Waals surface area contributed by atoms with Crippen molar-refractivity contribution in [2.24, 2.45) is 0 Å². The van der Waals surface area contributed by atoms with E-state index in [2.05, 4.69) is 25.3 Å². The number of benzene rings is 1. The summed E-state index contributed by atoms with van der Waals surface area (Å²) in [6.07, 6.45) is 3.23. The normalized spacial score (nSPS) is 12.4. The highest BCUT2D eigenvalue weighted by Gasteiger charge is 2.15. The molecule has 124 valence electrons. The molecule has 3 heterocycles. The molecule has 4 rings (SSSR count). The Labute approximate surface area is 149 Å². The molecule has 0 aliphatic rings. The maximum Gasteiger partial charge on any atom is 0.156 e. The van der Waals surface area contributed by atoms with E-state index in [4.69, 9.17) is 17.3 Å². The number of rotatable bonds is 3. The molecule has 3 aromatic heterocycles. The van der Waals surface area contributed by atoms with Crippen molar-refractivity contribution in [3.8, 4) is 0 Å². The second-order valence-electron chi connectivity index (χ2n) is 5.73. The van der Waals surface area contributed by atoms with Crippen LogP contribution in [0.2, 0.25) is 5.02 Å². The Morgan fingerprint density at radius 3 is 2.84 bits per heavy atom. The lowest BCUT2D eigenvalue weighted by atomic mass is 10.1. The van der Waals surface area contributed by atoms with E-state index < -0.39 is 0 Å². The minimum atomic E-state index is -0.115. The molecule has 3 N–H and O–H groups in total. The number of pyridine rings is 2. The number of hydrogen-bond acceptors (Lipinski definition) is 6. The van der Waals surface area contributed by atoms with Gasteiger partial charge in [0.15, 0.2) is 5.82 Å². The van der Waals surface area contributed by atoms with Gasteiger partial charge < -0.3 is 11.1 Å². The Balaban J connectivity index is 1.74. The smallest absolute Gasteiger partial charge is 0.156 e. The first kappa shape index (κ1) is 15.5. The van der Waals surface area contributed by atoms with Crippen molar-refractivity contribution in [3.63, 3.8) is 0 Å². The number of anilines is 2. The minimum absolute atomic E-state index is 0.115. The first-order chi connectivity index (χ1) is 12.1. The molecule has 0 saturated heterocycles. The molecule has 1 unspecified atom stereocenters. The van der Waals surface area contributed by atoms with Gasteiger partial charge >= 0.3 is 0 Å². The maximum atomic E-state index is 6.20. The number of nitrogens with one attached hydrogen (secondary N) is 1. The van der Waals surface area contributed by atoms with Crippen molar-refractivity contribution in [2.75, 3.05) is 11.1 Å². The van der Waals surface area contributed by atoms with Gasteiger partial charge in [-0.1, -0.05) is 23.7 Å². The summed E-state index contributed by atoms with van der Waals surface area (Å²) in [5.41, 5.74) is 9.23. The monoisotopic (exact) mass is 350 g/mol. The number of aromatic nitrogens is 4. The van der Waals surface area contributed by atoms with Crippen molar-refractivity contribution in [1.29, 1.82) is 0 Å². The largest absolute Gasteiger partial charge is 0.383 e. The first-order valence-corrected chi connectivity index (χ1v) is 8.18. The minimum Gasteiger partial charge on any atom is -0.383 e. The lowest BCUT2D eigenvalue weighted by Gasteiger charge is -2.18. The summed E-state index contributed by atoms with van der Waals surface area (Å²) < 4.78 is 0. The summed E-state index contributed by atoms with van der Waals surface area (Å²) in [6.45, 7) is 2.00. The zero-order valence-corrected chi connectivity index (χ0v) is 14.2. The van der Waals surface area contributed by atoms with E-state index in [-0.39, 0.29) is 6.04 Å². The molecule has 0 saturated carbocycles. The third-order valence-corrected chi connectivity index (χ3v) is 4.38. The van der Waals surface area contributed by atoms with Crippen LogP contribution in [0.3, 0.4) is 0 Å². The van der Waals surface area contributed by atoms with Crippen LogP contribution in [0.25, 0.3) is 21.9 Å². The van der Waals surface area contributed by atoms with Crippen molar-refractivity contribution in [3.05, 3.63) is 59.5 Å². The van der Waals surface area contributed by atoms with Crippen LogP contribution in [0.1, 0.15) is 18.5 Å². The lowest BCUT2D eigenvalue weighted by Crippen LogP contribution is -2.12. The average Bonchev–Trinajstić information content (AvgIpc) is 2.62. The number of halogens is 1. The molecule has 1 atom stereocenters. The van der Waals surface area contributed by atoms with Crippen LogP contribution in [0.5, 0.6) is 0 Å². The van der Waals surface area contributed by atoms with Gasteiger partial charge in [0.2, 0.25) is 0 Å². The van der Waals surface area contributed by atoms with Gasteiger partial charge in [0.25, 0.3) is 0 Å². The summed E-state index contributed by atoms with van der Waals surface area (Å²) in [7, 11) is 0. The van der Waals surface area contributed by atoms with E-state index in [9.17, 15) is 0 Å². The van der Waals surface area contributed by atoms with Crippen LogP contribution in [0, 0.1) is 0 Å². The third kappa shape index (κ3) is 2.81. The number of nitrogens with zero attached hydrogens (tertiary/aromatic N) is 4. The molecule has 0 fully saturated rings. The molecule has 25 heavy (non-hydrogen) atoms. The Kier molecular flexibility index (Phi) is 3.82. The van der Waals surface area contributed by atoms with Crippen molar-refractivity contribution < 1.29 is 0 Å². The molecule has 0 radical (unpaired) electrons. The van der Waals surface area contributed by atoms with Gasteiger partial charge in [0.1, 0.15) is 17.7 Å². The third-order valence-electron chi connectivity index (χ3n) is 4.07. The standard InChI is InChI=1S/C18H15ClN6/c1-10(24-18-16-14(22-9-23-18)6-3-7-21-16)12-8-11-4-2-5-13(19)15(11)25-17(12)20/h2-10H,1H3,(H2,20,25)(H,22,23,24). The van der Waals surface area contributed by atoms with Crippen LogP contribution in [0.15, 0.2) is 48.9 Å². The van der Waals surface area contributed by atoms with E-state index >= 15 is 0 Å². The quantitative estimate of drug-likeness (QED) is 0.580. The van der Waals surface area contributed by atoms with Gasteiger partial charge in [-0.25, -0.2) is 15.0 Å². The summed E-state index contributed by atoms with van der Waals surface area (Å²) in [5, 5.41) is 4.88. The number of fused-ring (bicyclic) bond motifs is 2. The van der Waals surface area contributed by atoms with Gasteiger partial charge in [0, 0.05) is 17.1 Å². The highest BCUT2D eigenvalue weighted by Crippen LogP contribution is 2.30. The summed E-state index contributed by atoms with van der Waals surface area (Å²) in [6, 6.07) is 11.3. The van der Waals surface area contributed by atoms with Gasteiger partial charge in [0.05, 0.1) is 22.1 Å². The zero-order valence-electron chi connectivity index (χ0n) is 13.4. The molecule has 0 bridgehead atoms. The van der Waals surface area contributed by atoms with Gasteiger partial charge in [-0.05, 0) is 31.2 Å². The molecular formula is C18H15ClN6. The van der Waals surface area contributed by atoms with E-state index in [1.165, 1.54) is 6.33 Å². The second-order valence-corrected chi connectivity index (χ2v) is 6.14. The molecule has 4 aromatic rings. The molecule has 0 spiro atoms. The Morgan fingerprint density at radius 2 is 1.96 bits per heavy atom. The average molecular weight is 351 g/mol. The number of nitrogen functional groups attached to an aromatic ring is 1. The van der Waals surface area contributed by atoms with E-state index in [1.54, 1.807) is 12.3 Å². The predicted octanol–water partition coefficient (Wildman–Crippen LogP) is 3.98. The van der Waals surface area contributed by atoms with Gasteiger partial charge in [-0.2, -0.15) is 0 Å². The van der Waals surface area contributed by atoms with Crippen LogP contribution < -0.4 is 11.1 Å². The number of hydrogen-bond donors (Lipinski definition) is 2. The Morgan fingerprint density at radius 1 is 1.08 bits per heavy atom. The number of nitrogens with two attached hydrogens (primary N) is 1. The van der Waals surface area contributed by atoms with Gasteiger partial charge in [-0.15, -0.1) is 0 Å².